The van der Waals surface area contributed by atoms with E-state index >= 15 is 0 Å². The molecule has 0 saturated heterocycles. The van der Waals surface area contributed by atoms with Crippen LogP contribution in [0.3, 0.4) is 0 Å². The summed E-state index contributed by atoms with van der Waals surface area (Å²) in [4.78, 5) is 11.3. The van der Waals surface area contributed by atoms with Crippen molar-refractivity contribution >= 4 is 5.97 Å². The molecule has 0 aromatic heterocycles. The van der Waals surface area contributed by atoms with Crippen LogP contribution in [0.4, 0.5) is 0 Å². The summed E-state index contributed by atoms with van der Waals surface area (Å²) in [5, 5.41) is 9.26. The first-order valence-corrected chi connectivity index (χ1v) is 5.91. The van der Waals surface area contributed by atoms with Gasteiger partial charge in [-0.1, -0.05) is 6.92 Å². The molecule has 3 nitrogen and oxygen atoms in total. The minimum absolute atomic E-state index is 0.209. The molecule has 3 heteroatoms. The summed E-state index contributed by atoms with van der Waals surface area (Å²) in [6.45, 7) is 4.09. The third-order valence-electron chi connectivity index (χ3n) is 4.51. The minimum Gasteiger partial charge on any atom is -0.481 e. The van der Waals surface area contributed by atoms with E-state index in [2.05, 4.69) is 6.92 Å². The van der Waals surface area contributed by atoms with Gasteiger partial charge in [-0.25, -0.2) is 0 Å². The lowest BCUT2D eigenvalue weighted by atomic mass is 9.58. The van der Waals surface area contributed by atoms with Crippen LogP contribution in [-0.2, 0) is 4.79 Å². The van der Waals surface area contributed by atoms with Crippen LogP contribution in [0.5, 0.6) is 0 Å². The number of fused-ring (bicyclic) bond motifs is 2. The molecule has 5 atom stereocenters. The summed E-state index contributed by atoms with van der Waals surface area (Å²) in [5.41, 5.74) is 5.63. The van der Waals surface area contributed by atoms with Gasteiger partial charge in [-0.2, -0.15) is 0 Å². The number of carboxylic acids is 1. The number of rotatable bonds is 1. The molecule has 2 fully saturated rings. The zero-order valence-electron chi connectivity index (χ0n) is 9.57. The van der Waals surface area contributed by atoms with Gasteiger partial charge in [0.05, 0.1) is 5.41 Å². The highest BCUT2D eigenvalue weighted by molar-refractivity contribution is 5.74. The third kappa shape index (κ3) is 1.78. The maximum atomic E-state index is 11.3. The minimum atomic E-state index is -0.640. The van der Waals surface area contributed by atoms with Crippen molar-refractivity contribution in [2.24, 2.45) is 28.9 Å². The van der Waals surface area contributed by atoms with E-state index in [0.717, 1.165) is 25.7 Å². The Morgan fingerprint density at radius 1 is 1.40 bits per heavy atom. The van der Waals surface area contributed by atoms with Crippen LogP contribution in [0.2, 0.25) is 0 Å². The fourth-order valence-electron chi connectivity index (χ4n) is 3.69. The number of hydrogen-bond acceptors (Lipinski definition) is 2. The first kappa shape index (κ1) is 10.9. The summed E-state index contributed by atoms with van der Waals surface area (Å²) < 4.78 is 0. The zero-order chi connectivity index (χ0) is 11.2. The molecular weight excluding hydrogens is 190 g/mol. The summed E-state index contributed by atoms with van der Waals surface area (Å²) in [5.74, 6) is 0.930. The van der Waals surface area contributed by atoms with Crippen molar-refractivity contribution < 1.29 is 9.90 Å². The largest absolute Gasteiger partial charge is 0.481 e. The number of carbonyl (C=O) groups is 1. The fraction of sp³-hybridized carbons (Fsp3) is 0.917. The SMILES string of the molecule is CC1CC2CC(CC(C)(C(=O)O)C2)C1N. The molecule has 0 aromatic carbocycles. The Kier molecular flexibility index (Phi) is 2.53. The van der Waals surface area contributed by atoms with Gasteiger partial charge in [0.25, 0.3) is 0 Å². The molecule has 2 aliphatic carbocycles. The van der Waals surface area contributed by atoms with Crippen molar-refractivity contribution in [3.63, 3.8) is 0 Å². The summed E-state index contributed by atoms with van der Waals surface area (Å²) in [7, 11) is 0. The molecule has 2 bridgehead atoms. The molecule has 0 heterocycles. The van der Waals surface area contributed by atoms with Gasteiger partial charge in [0, 0.05) is 6.04 Å². The highest BCUT2D eigenvalue weighted by atomic mass is 16.4. The Hall–Kier alpha value is -0.570. The van der Waals surface area contributed by atoms with Crippen molar-refractivity contribution in [2.45, 2.75) is 45.6 Å². The highest BCUT2D eigenvalue weighted by Crippen LogP contribution is 2.49. The predicted molar refractivity (Wildman–Crippen MR) is 58.3 cm³/mol. The molecular formula is C12H21NO2. The van der Waals surface area contributed by atoms with Crippen LogP contribution in [0, 0.1) is 23.2 Å². The fourth-order valence-corrected chi connectivity index (χ4v) is 3.69. The van der Waals surface area contributed by atoms with E-state index in [1.807, 2.05) is 6.92 Å². The average Bonchev–Trinajstić information content (AvgIpc) is 2.13. The van der Waals surface area contributed by atoms with Gasteiger partial charge < -0.3 is 10.8 Å². The summed E-state index contributed by atoms with van der Waals surface area (Å²) in [6.07, 6.45) is 3.87. The van der Waals surface area contributed by atoms with Crippen LogP contribution in [0.1, 0.15) is 39.5 Å². The smallest absolute Gasteiger partial charge is 0.309 e. The molecule has 5 unspecified atom stereocenters. The lowest BCUT2D eigenvalue weighted by Crippen LogP contribution is -2.50. The molecule has 0 radical (unpaired) electrons. The van der Waals surface area contributed by atoms with Gasteiger partial charge in [-0.3, -0.25) is 4.79 Å². The van der Waals surface area contributed by atoms with E-state index in [1.165, 1.54) is 0 Å². The second-order valence-electron chi connectivity index (χ2n) is 5.93. The Morgan fingerprint density at radius 2 is 2.07 bits per heavy atom. The molecule has 0 aromatic rings. The molecule has 86 valence electrons. The van der Waals surface area contributed by atoms with Gasteiger partial charge in [-0.05, 0) is 50.4 Å². The molecule has 15 heavy (non-hydrogen) atoms. The van der Waals surface area contributed by atoms with E-state index in [1.54, 1.807) is 0 Å². The van der Waals surface area contributed by atoms with Crippen LogP contribution in [0.15, 0.2) is 0 Å². The average molecular weight is 211 g/mol. The van der Waals surface area contributed by atoms with Crippen LogP contribution in [0.25, 0.3) is 0 Å². The monoisotopic (exact) mass is 211 g/mol. The normalized spacial score (nSPS) is 50.1. The highest BCUT2D eigenvalue weighted by Gasteiger charge is 2.47. The van der Waals surface area contributed by atoms with Crippen LogP contribution >= 0.6 is 0 Å². The van der Waals surface area contributed by atoms with Crippen LogP contribution < -0.4 is 5.73 Å². The standard InChI is InChI=1S/C12H21NO2/c1-7-3-8-4-9(10(7)13)6-12(2,5-8)11(14)15/h7-10H,3-6,13H2,1-2H3,(H,14,15). The molecule has 3 N–H and O–H groups in total. The third-order valence-corrected chi connectivity index (χ3v) is 4.51. The van der Waals surface area contributed by atoms with Gasteiger partial charge in [0.1, 0.15) is 0 Å². The van der Waals surface area contributed by atoms with E-state index in [-0.39, 0.29) is 6.04 Å². The van der Waals surface area contributed by atoms with Crippen molar-refractivity contribution in [2.75, 3.05) is 0 Å². The second-order valence-corrected chi connectivity index (χ2v) is 5.93. The first-order valence-electron chi connectivity index (χ1n) is 5.91. The van der Waals surface area contributed by atoms with Crippen molar-refractivity contribution in [1.29, 1.82) is 0 Å². The van der Waals surface area contributed by atoms with E-state index in [0.29, 0.717) is 17.8 Å². The maximum absolute atomic E-state index is 11.3. The van der Waals surface area contributed by atoms with E-state index in [9.17, 15) is 9.90 Å². The Labute approximate surface area is 91.0 Å². The molecule has 2 saturated carbocycles. The number of nitrogens with two attached hydrogens (primary N) is 1. The number of aliphatic carboxylic acids is 1. The molecule has 2 aliphatic rings. The lowest BCUT2D eigenvalue weighted by molar-refractivity contribution is -0.153. The van der Waals surface area contributed by atoms with Crippen molar-refractivity contribution in [3.05, 3.63) is 0 Å². The van der Waals surface area contributed by atoms with Gasteiger partial charge in [0.15, 0.2) is 0 Å². The van der Waals surface area contributed by atoms with Crippen molar-refractivity contribution in [3.8, 4) is 0 Å². The quantitative estimate of drug-likeness (QED) is 0.696. The summed E-state index contributed by atoms with van der Waals surface area (Å²) in [6, 6.07) is 0.209. The van der Waals surface area contributed by atoms with Crippen molar-refractivity contribution in [1.82, 2.24) is 0 Å². The second kappa shape index (κ2) is 3.48. The number of carboxylic acid groups (broad SMARTS) is 1. The first-order chi connectivity index (χ1) is 6.92. The topological polar surface area (TPSA) is 63.3 Å². The zero-order valence-corrected chi connectivity index (χ0v) is 9.57. The Bertz CT molecular complexity index is 277. The molecule has 0 amide bonds. The van der Waals surface area contributed by atoms with Gasteiger partial charge in [0.2, 0.25) is 0 Å². The van der Waals surface area contributed by atoms with Gasteiger partial charge >= 0.3 is 5.97 Å². The molecule has 0 spiro atoms. The maximum Gasteiger partial charge on any atom is 0.309 e. The van der Waals surface area contributed by atoms with E-state index < -0.39 is 11.4 Å². The molecule has 2 rings (SSSR count). The molecule has 0 aliphatic heterocycles. The van der Waals surface area contributed by atoms with Crippen LogP contribution in [-0.4, -0.2) is 17.1 Å². The summed E-state index contributed by atoms with van der Waals surface area (Å²) >= 11 is 0. The van der Waals surface area contributed by atoms with E-state index in [4.69, 9.17) is 5.73 Å². The Morgan fingerprint density at radius 3 is 2.67 bits per heavy atom. The predicted octanol–water partition coefficient (Wildman–Crippen LogP) is 1.86. The Balaban J connectivity index is 2.18. The lowest BCUT2D eigenvalue weighted by Gasteiger charge is -2.48. The number of hydrogen-bond donors (Lipinski definition) is 2. The van der Waals surface area contributed by atoms with Gasteiger partial charge in [-0.15, -0.1) is 0 Å².